The molecule has 2 aromatic carbocycles. The lowest BCUT2D eigenvalue weighted by atomic mass is 10.1. The average Bonchev–Trinajstić information content (AvgIpc) is 2.54. The number of ether oxygens (including phenoxy) is 1. The van der Waals surface area contributed by atoms with Gasteiger partial charge < -0.3 is 9.84 Å². The Kier molecular flexibility index (Phi) is 5.24. The highest BCUT2D eigenvalue weighted by Crippen LogP contribution is 2.19. The van der Waals surface area contributed by atoms with Crippen molar-refractivity contribution >= 4 is 16.1 Å². The molecule has 0 aromatic heterocycles. The van der Waals surface area contributed by atoms with Crippen molar-refractivity contribution in [2.24, 2.45) is 0 Å². The van der Waals surface area contributed by atoms with Crippen LogP contribution >= 0.6 is 0 Å². The van der Waals surface area contributed by atoms with Crippen molar-refractivity contribution < 1.29 is 27.6 Å². The third-order valence-corrected chi connectivity index (χ3v) is 3.86. The Morgan fingerprint density at radius 1 is 1.08 bits per heavy atom. The van der Waals surface area contributed by atoms with Crippen LogP contribution in [0.5, 0.6) is 5.75 Å². The molecule has 0 fully saturated rings. The molecule has 24 heavy (non-hydrogen) atoms. The first kappa shape index (κ1) is 17.5. The molecule has 7 heteroatoms. The topological polar surface area (TPSA) is 101 Å². The summed E-state index contributed by atoms with van der Waals surface area (Å²) in [6, 6.07) is 9.66. The molecule has 6 nitrogen and oxygen atoms in total. The minimum absolute atomic E-state index is 0.0189. The summed E-state index contributed by atoms with van der Waals surface area (Å²) in [5.41, 5.74) is 1.02. The fourth-order valence-electron chi connectivity index (χ4n) is 1.84. The van der Waals surface area contributed by atoms with Gasteiger partial charge in [-0.25, -0.2) is 4.79 Å². The summed E-state index contributed by atoms with van der Waals surface area (Å²) in [7, 11) is -4.24. The molecule has 0 radical (unpaired) electrons. The number of aromatic hydroxyl groups is 1. The Morgan fingerprint density at radius 2 is 1.67 bits per heavy atom. The summed E-state index contributed by atoms with van der Waals surface area (Å²) in [6.45, 7) is 1.85. The van der Waals surface area contributed by atoms with E-state index >= 15 is 0 Å². The van der Waals surface area contributed by atoms with Crippen molar-refractivity contribution in [1.29, 1.82) is 0 Å². The number of esters is 1. The Labute approximate surface area is 139 Å². The second-order valence-electron chi connectivity index (χ2n) is 4.70. The minimum atomic E-state index is -4.24. The van der Waals surface area contributed by atoms with Gasteiger partial charge in [0.1, 0.15) is 11.3 Å². The molecule has 124 valence electrons. The van der Waals surface area contributed by atoms with Gasteiger partial charge in [-0.3, -0.25) is 4.55 Å². The number of carbonyl (C=O) groups excluding carboxylic acids is 1. The summed E-state index contributed by atoms with van der Waals surface area (Å²) in [4.78, 5) is 11.5. The molecule has 0 aliphatic rings. The van der Waals surface area contributed by atoms with Gasteiger partial charge in [-0.1, -0.05) is 11.8 Å². The Bertz CT molecular complexity index is 918. The van der Waals surface area contributed by atoms with Crippen molar-refractivity contribution in [1.82, 2.24) is 0 Å². The van der Waals surface area contributed by atoms with Gasteiger partial charge in [0.15, 0.2) is 0 Å². The van der Waals surface area contributed by atoms with Crippen molar-refractivity contribution in [3.05, 3.63) is 59.2 Å². The van der Waals surface area contributed by atoms with Crippen LogP contribution in [0.1, 0.15) is 28.4 Å². The van der Waals surface area contributed by atoms with E-state index in [9.17, 15) is 18.3 Å². The molecular weight excluding hydrogens is 332 g/mol. The number of hydrogen-bond donors (Lipinski definition) is 2. The zero-order valence-corrected chi connectivity index (χ0v) is 13.5. The highest BCUT2D eigenvalue weighted by molar-refractivity contribution is 7.85. The maximum absolute atomic E-state index is 11.7. The normalized spacial score (nSPS) is 10.6. The zero-order chi connectivity index (χ0) is 17.7. The molecule has 0 bridgehead atoms. The predicted octanol–water partition coefficient (Wildman–Crippen LogP) is 2.22. The lowest BCUT2D eigenvalue weighted by Crippen LogP contribution is -2.05. The van der Waals surface area contributed by atoms with Crippen LogP contribution in [0.3, 0.4) is 0 Å². The van der Waals surface area contributed by atoms with Gasteiger partial charge in [0, 0.05) is 11.1 Å². The van der Waals surface area contributed by atoms with E-state index in [0.717, 1.165) is 0 Å². The largest absolute Gasteiger partial charge is 0.507 e. The molecule has 0 atom stereocenters. The first-order valence-electron chi connectivity index (χ1n) is 6.91. The Balaban J connectivity index is 2.28. The van der Waals surface area contributed by atoms with Crippen molar-refractivity contribution in [2.45, 2.75) is 11.8 Å². The maximum Gasteiger partial charge on any atom is 0.341 e. The van der Waals surface area contributed by atoms with Crippen LogP contribution < -0.4 is 0 Å². The summed E-state index contributed by atoms with van der Waals surface area (Å²) in [5.74, 6) is 4.76. The summed E-state index contributed by atoms with van der Waals surface area (Å²) < 4.78 is 35.7. The van der Waals surface area contributed by atoms with E-state index in [1.54, 1.807) is 6.92 Å². The number of phenols is 1. The van der Waals surface area contributed by atoms with E-state index in [4.69, 9.17) is 9.29 Å². The smallest absolute Gasteiger partial charge is 0.341 e. The average molecular weight is 346 g/mol. The molecule has 0 saturated carbocycles. The Morgan fingerprint density at radius 3 is 2.25 bits per heavy atom. The van der Waals surface area contributed by atoms with Crippen LogP contribution in [0, 0.1) is 11.8 Å². The molecule has 2 aromatic rings. The zero-order valence-electron chi connectivity index (χ0n) is 12.7. The fourth-order valence-corrected chi connectivity index (χ4v) is 2.32. The molecule has 0 aliphatic carbocycles. The highest BCUT2D eigenvalue weighted by Gasteiger charge is 2.12. The van der Waals surface area contributed by atoms with Crippen molar-refractivity contribution in [2.75, 3.05) is 6.61 Å². The van der Waals surface area contributed by atoms with Gasteiger partial charge in [0.25, 0.3) is 10.1 Å². The second-order valence-corrected chi connectivity index (χ2v) is 6.12. The maximum atomic E-state index is 11.7. The van der Waals surface area contributed by atoms with Gasteiger partial charge >= 0.3 is 5.97 Å². The van der Waals surface area contributed by atoms with E-state index in [2.05, 4.69) is 11.8 Å². The molecule has 0 aliphatic heterocycles. The quantitative estimate of drug-likeness (QED) is 0.502. The highest BCUT2D eigenvalue weighted by atomic mass is 32.2. The molecular formula is C17H14O6S. The molecule has 0 unspecified atom stereocenters. The number of hydrogen-bond acceptors (Lipinski definition) is 5. The van der Waals surface area contributed by atoms with Crippen LogP contribution in [0.2, 0.25) is 0 Å². The van der Waals surface area contributed by atoms with Crippen LogP contribution in [-0.4, -0.2) is 30.7 Å². The molecule has 0 heterocycles. The van der Waals surface area contributed by atoms with Gasteiger partial charge in [-0.15, -0.1) is 0 Å². The molecule has 0 spiro atoms. The Hall–Kier alpha value is -2.82. The van der Waals surface area contributed by atoms with Gasteiger partial charge in [0.2, 0.25) is 0 Å². The van der Waals surface area contributed by atoms with Crippen LogP contribution in [0.25, 0.3) is 0 Å². The number of carbonyl (C=O) groups is 1. The monoisotopic (exact) mass is 346 g/mol. The van der Waals surface area contributed by atoms with E-state index in [1.807, 2.05) is 0 Å². The summed E-state index contributed by atoms with van der Waals surface area (Å²) in [6.07, 6.45) is 0. The minimum Gasteiger partial charge on any atom is -0.507 e. The van der Waals surface area contributed by atoms with Crippen molar-refractivity contribution in [3.8, 4) is 17.6 Å². The SMILES string of the molecule is CCOC(=O)c1cc(C#Cc2ccc(S(=O)(=O)O)cc2)ccc1O. The molecule has 0 saturated heterocycles. The molecule has 0 amide bonds. The van der Waals surface area contributed by atoms with E-state index in [1.165, 1.54) is 42.5 Å². The molecule has 2 rings (SSSR count). The van der Waals surface area contributed by atoms with Crippen LogP contribution in [-0.2, 0) is 14.9 Å². The third kappa shape index (κ3) is 4.35. The first-order valence-corrected chi connectivity index (χ1v) is 8.35. The number of benzene rings is 2. The number of rotatable bonds is 3. The predicted molar refractivity (Wildman–Crippen MR) is 86.3 cm³/mol. The fraction of sp³-hybridized carbons (Fsp3) is 0.118. The van der Waals surface area contributed by atoms with E-state index in [0.29, 0.717) is 11.1 Å². The van der Waals surface area contributed by atoms with Gasteiger partial charge in [0.05, 0.1) is 11.5 Å². The summed E-state index contributed by atoms with van der Waals surface area (Å²) >= 11 is 0. The third-order valence-electron chi connectivity index (χ3n) is 3.00. The van der Waals surface area contributed by atoms with E-state index in [-0.39, 0.29) is 22.8 Å². The molecule has 2 N–H and O–H groups in total. The van der Waals surface area contributed by atoms with Crippen LogP contribution in [0.4, 0.5) is 0 Å². The van der Waals surface area contributed by atoms with Gasteiger partial charge in [-0.2, -0.15) is 8.42 Å². The van der Waals surface area contributed by atoms with Crippen LogP contribution in [0.15, 0.2) is 47.4 Å². The van der Waals surface area contributed by atoms with E-state index < -0.39 is 16.1 Å². The number of phenolic OH excluding ortho intramolecular Hbond substituents is 1. The lowest BCUT2D eigenvalue weighted by molar-refractivity contribution is 0.0523. The second kappa shape index (κ2) is 7.17. The first-order chi connectivity index (χ1) is 11.3. The van der Waals surface area contributed by atoms with Crippen molar-refractivity contribution in [3.63, 3.8) is 0 Å². The van der Waals surface area contributed by atoms with Gasteiger partial charge in [-0.05, 0) is 49.4 Å². The lowest BCUT2D eigenvalue weighted by Gasteiger charge is -2.04. The standard InChI is InChI=1S/C17H14O6S/c1-2-23-17(19)15-11-13(7-10-16(15)18)4-3-12-5-8-14(9-6-12)24(20,21)22/h5-11,18H,2H2,1H3,(H,20,21,22). The summed E-state index contributed by atoms with van der Waals surface area (Å²) in [5, 5.41) is 9.69.